The van der Waals surface area contributed by atoms with Crippen LogP contribution in [0.15, 0.2) is 18.2 Å². The predicted molar refractivity (Wildman–Crippen MR) is 104 cm³/mol. The molecule has 0 bridgehead atoms. The number of hydrogen-bond acceptors (Lipinski definition) is 4. The molecule has 1 atom stereocenters. The Labute approximate surface area is 153 Å². The van der Waals surface area contributed by atoms with Crippen molar-refractivity contribution in [2.45, 2.75) is 46.3 Å². The summed E-state index contributed by atoms with van der Waals surface area (Å²) in [4.78, 5) is 5.16. The lowest BCUT2D eigenvalue weighted by Crippen LogP contribution is -2.48. The van der Waals surface area contributed by atoms with Gasteiger partial charge in [-0.15, -0.1) is 0 Å². The van der Waals surface area contributed by atoms with Crippen molar-refractivity contribution in [2.75, 3.05) is 45.8 Å². The van der Waals surface area contributed by atoms with Crippen LogP contribution in [0.1, 0.15) is 38.8 Å². The average molecular weight is 346 g/mol. The third kappa shape index (κ3) is 5.19. The van der Waals surface area contributed by atoms with Crippen LogP contribution in [-0.4, -0.2) is 61.2 Å². The van der Waals surface area contributed by atoms with Gasteiger partial charge < -0.3 is 19.9 Å². The molecule has 0 aromatic heterocycles. The van der Waals surface area contributed by atoms with Crippen LogP contribution in [0.4, 0.5) is 0 Å². The third-order valence-corrected chi connectivity index (χ3v) is 5.43. The molecule has 0 radical (unpaired) electrons. The van der Waals surface area contributed by atoms with Crippen molar-refractivity contribution in [3.63, 3.8) is 0 Å². The first-order valence-electron chi connectivity index (χ1n) is 9.91. The minimum absolute atomic E-state index is 0.0509. The Morgan fingerprint density at radius 1 is 1.16 bits per heavy atom. The van der Waals surface area contributed by atoms with E-state index in [1.807, 2.05) is 0 Å². The van der Waals surface area contributed by atoms with Gasteiger partial charge in [0.25, 0.3) is 0 Å². The second-order valence-electron chi connectivity index (χ2n) is 8.45. The summed E-state index contributed by atoms with van der Waals surface area (Å²) < 4.78 is 5.96. The minimum atomic E-state index is -0.0509. The van der Waals surface area contributed by atoms with Gasteiger partial charge in [0.05, 0.1) is 0 Å². The summed E-state index contributed by atoms with van der Waals surface area (Å²) in [5.74, 6) is 1.75. The van der Waals surface area contributed by atoms with Crippen LogP contribution in [0.5, 0.6) is 5.75 Å². The topological polar surface area (TPSA) is 27.7 Å². The van der Waals surface area contributed by atoms with Crippen molar-refractivity contribution in [3.8, 4) is 5.75 Å². The largest absolute Gasteiger partial charge is 0.487 e. The molecule has 1 unspecified atom stereocenters. The maximum Gasteiger partial charge on any atom is 0.123 e. The van der Waals surface area contributed by atoms with Crippen molar-refractivity contribution in [2.24, 2.45) is 5.92 Å². The molecule has 4 heteroatoms. The van der Waals surface area contributed by atoms with Gasteiger partial charge in [0.1, 0.15) is 11.4 Å². The fraction of sp³-hybridized carbons (Fsp3) is 0.714. The van der Waals surface area contributed by atoms with Gasteiger partial charge in [-0.3, -0.25) is 0 Å². The van der Waals surface area contributed by atoms with E-state index in [0.29, 0.717) is 5.92 Å². The number of hydrogen-bond donors (Lipinski definition) is 1. The highest BCUT2D eigenvalue weighted by Crippen LogP contribution is 2.35. The zero-order valence-corrected chi connectivity index (χ0v) is 16.5. The molecule has 0 spiro atoms. The second kappa shape index (κ2) is 8.07. The first-order chi connectivity index (χ1) is 11.9. The first-order valence-corrected chi connectivity index (χ1v) is 9.91. The summed E-state index contributed by atoms with van der Waals surface area (Å²) in [6.07, 6.45) is 1.01. The van der Waals surface area contributed by atoms with Crippen LogP contribution in [0.3, 0.4) is 0 Å². The Balaban J connectivity index is 1.38. The lowest BCUT2D eigenvalue weighted by atomic mass is 10.0. The van der Waals surface area contributed by atoms with Crippen LogP contribution >= 0.6 is 0 Å². The fourth-order valence-electron chi connectivity index (χ4n) is 4.03. The van der Waals surface area contributed by atoms with Gasteiger partial charge in [-0.05, 0) is 50.0 Å². The second-order valence-corrected chi connectivity index (χ2v) is 8.45. The maximum absolute atomic E-state index is 5.96. The van der Waals surface area contributed by atoms with Crippen LogP contribution in [0.2, 0.25) is 0 Å². The van der Waals surface area contributed by atoms with E-state index in [9.17, 15) is 0 Å². The van der Waals surface area contributed by atoms with E-state index in [2.05, 4.69) is 61.0 Å². The SMILES string of the molecule is CCN1CCN(CC(C)CNCc2ccc3c(c2)CC(C)(C)O3)CC1. The zero-order valence-electron chi connectivity index (χ0n) is 16.5. The molecule has 0 aliphatic carbocycles. The number of ether oxygens (including phenoxy) is 1. The molecule has 25 heavy (non-hydrogen) atoms. The summed E-state index contributed by atoms with van der Waals surface area (Å²) in [7, 11) is 0. The molecule has 1 N–H and O–H groups in total. The fourth-order valence-corrected chi connectivity index (χ4v) is 4.03. The smallest absolute Gasteiger partial charge is 0.123 e. The van der Waals surface area contributed by atoms with E-state index < -0.39 is 0 Å². The van der Waals surface area contributed by atoms with Crippen molar-refractivity contribution >= 4 is 0 Å². The molecule has 0 saturated carbocycles. The predicted octanol–water partition coefficient (Wildman–Crippen LogP) is 2.76. The molecule has 1 aromatic rings. The van der Waals surface area contributed by atoms with Crippen molar-refractivity contribution in [1.82, 2.24) is 15.1 Å². The van der Waals surface area contributed by atoms with Gasteiger partial charge >= 0.3 is 0 Å². The monoisotopic (exact) mass is 345 g/mol. The van der Waals surface area contributed by atoms with Crippen LogP contribution < -0.4 is 10.1 Å². The van der Waals surface area contributed by atoms with E-state index in [4.69, 9.17) is 4.74 Å². The van der Waals surface area contributed by atoms with E-state index in [1.54, 1.807) is 0 Å². The highest BCUT2D eigenvalue weighted by atomic mass is 16.5. The molecule has 1 fully saturated rings. The van der Waals surface area contributed by atoms with Gasteiger partial charge in [0.2, 0.25) is 0 Å². The van der Waals surface area contributed by atoms with Crippen molar-refractivity contribution in [3.05, 3.63) is 29.3 Å². The molecular formula is C21H35N3O. The van der Waals surface area contributed by atoms with E-state index in [-0.39, 0.29) is 5.60 Å². The van der Waals surface area contributed by atoms with Crippen molar-refractivity contribution in [1.29, 1.82) is 0 Å². The number of nitrogens with zero attached hydrogens (tertiary/aromatic N) is 2. The number of fused-ring (bicyclic) bond motifs is 1. The Hall–Kier alpha value is -1.10. The lowest BCUT2D eigenvalue weighted by molar-refractivity contribution is 0.124. The summed E-state index contributed by atoms with van der Waals surface area (Å²) in [5.41, 5.74) is 2.67. The van der Waals surface area contributed by atoms with E-state index >= 15 is 0 Å². The van der Waals surface area contributed by atoms with E-state index in [0.717, 1.165) is 25.3 Å². The van der Waals surface area contributed by atoms with Gasteiger partial charge in [0, 0.05) is 45.7 Å². The highest BCUT2D eigenvalue weighted by Gasteiger charge is 2.29. The molecule has 140 valence electrons. The number of rotatable bonds is 7. The molecule has 2 aliphatic rings. The number of piperazine rings is 1. The van der Waals surface area contributed by atoms with Crippen LogP contribution in [0, 0.1) is 5.92 Å². The van der Waals surface area contributed by atoms with Crippen molar-refractivity contribution < 1.29 is 4.74 Å². The van der Waals surface area contributed by atoms with Gasteiger partial charge in [0.15, 0.2) is 0 Å². The number of benzene rings is 1. The summed E-state index contributed by atoms with van der Waals surface area (Å²) in [6, 6.07) is 6.64. The summed E-state index contributed by atoms with van der Waals surface area (Å²) in [6.45, 7) is 18.2. The Morgan fingerprint density at radius 3 is 2.60 bits per heavy atom. The van der Waals surface area contributed by atoms with Gasteiger partial charge in [-0.25, -0.2) is 0 Å². The van der Waals surface area contributed by atoms with Gasteiger partial charge in [-0.2, -0.15) is 0 Å². The molecule has 2 heterocycles. The van der Waals surface area contributed by atoms with Crippen LogP contribution in [-0.2, 0) is 13.0 Å². The Morgan fingerprint density at radius 2 is 1.88 bits per heavy atom. The number of nitrogens with one attached hydrogen (secondary N) is 1. The third-order valence-electron chi connectivity index (χ3n) is 5.43. The lowest BCUT2D eigenvalue weighted by Gasteiger charge is -2.35. The molecule has 1 aromatic carbocycles. The molecule has 2 aliphatic heterocycles. The molecular weight excluding hydrogens is 310 g/mol. The highest BCUT2D eigenvalue weighted by molar-refractivity contribution is 5.41. The summed E-state index contributed by atoms with van der Waals surface area (Å²) >= 11 is 0. The van der Waals surface area contributed by atoms with Crippen LogP contribution in [0.25, 0.3) is 0 Å². The maximum atomic E-state index is 5.96. The minimum Gasteiger partial charge on any atom is -0.487 e. The standard InChI is InChI=1S/C21H35N3O/c1-5-23-8-10-24(11-9-23)16-17(2)14-22-15-18-6-7-20-19(12-18)13-21(3,4)25-20/h6-7,12,17,22H,5,8-11,13-16H2,1-4H3. The van der Waals surface area contributed by atoms with Gasteiger partial charge in [-0.1, -0.05) is 26.0 Å². The summed E-state index contributed by atoms with van der Waals surface area (Å²) in [5, 5.41) is 3.64. The normalized spacial score (nSPS) is 21.8. The molecule has 3 rings (SSSR count). The van der Waals surface area contributed by atoms with E-state index in [1.165, 1.54) is 50.4 Å². The average Bonchev–Trinajstić information content (AvgIpc) is 2.88. The quantitative estimate of drug-likeness (QED) is 0.822. The number of likely N-dealkylation sites (N-methyl/N-ethyl adjacent to an activating group) is 1. The molecule has 0 amide bonds. The Kier molecular flexibility index (Phi) is 6.03. The first kappa shape index (κ1) is 18.7. The molecule has 4 nitrogen and oxygen atoms in total. The Bertz CT molecular complexity index is 564. The zero-order chi connectivity index (χ0) is 17.9. The molecule has 1 saturated heterocycles.